The third-order valence-corrected chi connectivity index (χ3v) is 8.05. The second kappa shape index (κ2) is 11.6. The number of benzene rings is 2. The van der Waals surface area contributed by atoms with Crippen LogP contribution in [0.15, 0.2) is 42.5 Å². The summed E-state index contributed by atoms with van der Waals surface area (Å²) in [6.45, 7) is 3.30. The van der Waals surface area contributed by atoms with Gasteiger partial charge in [-0.3, -0.25) is 13.9 Å². The molecule has 1 atom stereocenters. The Labute approximate surface area is 217 Å². The number of nitrogens with zero attached hydrogens (tertiary/aromatic N) is 2. The maximum Gasteiger partial charge on any atom is 0.244 e. The first-order chi connectivity index (χ1) is 16.5. The maximum atomic E-state index is 13.6. The third kappa shape index (κ3) is 7.35. The number of rotatable bonds is 9. The van der Waals surface area contributed by atoms with Gasteiger partial charge in [-0.25, -0.2) is 8.42 Å². The molecule has 35 heavy (non-hydrogen) atoms. The van der Waals surface area contributed by atoms with Gasteiger partial charge in [0.15, 0.2) is 0 Å². The number of hydrogen-bond acceptors (Lipinski definition) is 4. The Morgan fingerprint density at radius 1 is 1.09 bits per heavy atom. The molecule has 0 radical (unpaired) electrons. The summed E-state index contributed by atoms with van der Waals surface area (Å²) in [4.78, 5) is 28.1. The Balaban J connectivity index is 1.89. The number of anilines is 1. The van der Waals surface area contributed by atoms with Gasteiger partial charge in [-0.05, 0) is 50.5 Å². The van der Waals surface area contributed by atoms with Crippen molar-refractivity contribution in [2.24, 2.45) is 0 Å². The Hall–Kier alpha value is -2.29. The summed E-state index contributed by atoms with van der Waals surface area (Å²) in [6, 6.07) is 11.3. The van der Waals surface area contributed by atoms with Crippen LogP contribution in [0, 0.1) is 6.92 Å². The minimum absolute atomic E-state index is 0.101. The van der Waals surface area contributed by atoms with Crippen LogP contribution >= 0.6 is 23.2 Å². The van der Waals surface area contributed by atoms with Crippen LogP contribution in [0.3, 0.4) is 0 Å². The van der Waals surface area contributed by atoms with Crippen molar-refractivity contribution in [1.29, 1.82) is 0 Å². The van der Waals surface area contributed by atoms with E-state index in [9.17, 15) is 18.0 Å². The van der Waals surface area contributed by atoms with E-state index >= 15 is 0 Å². The van der Waals surface area contributed by atoms with Crippen molar-refractivity contribution in [2.45, 2.75) is 58.2 Å². The lowest BCUT2D eigenvalue weighted by Gasteiger charge is -2.32. The van der Waals surface area contributed by atoms with Crippen molar-refractivity contribution < 1.29 is 18.0 Å². The van der Waals surface area contributed by atoms with Crippen molar-refractivity contribution in [2.75, 3.05) is 17.1 Å². The minimum Gasteiger partial charge on any atom is -0.352 e. The molecule has 1 fully saturated rings. The number of hydrogen-bond donors (Lipinski definition) is 1. The van der Waals surface area contributed by atoms with Gasteiger partial charge in [-0.15, -0.1) is 0 Å². The van der Waals surface area contributed by atoms with Gasteiger partial charge in [0.2, 0.25) is 21.8 Å². The zero-order chi connectivity index (χ0) is 25.8. The summed E-state index contributed by atoms with van der Waals surface area (Å²) in [6.07, 6.45) is 4.99. The molecule has 1 aliphatic rings. The standard InChI is InChI=1S/C25H31Cl2N3O4S/c1-17-7-6-8-19(13-17)15-29(18(2)25(32)28-20-9-4-5-10-20)24(31)16-30(35(3,33)34)21-11-12-22(26)23(27)14-21/h6-8,11-14,18,20H,4-5,9-10,15-16H2,1-3H3,(H,28,32)/t18-/m1/s1. The van der Waals surface area contributed by atoms with Crippen LogP contribution < -0.4 is 9.62 Å². The molecule has 1 saturated carbocycles. The van der Waals surface area contributed by atoms with Gasteiger partial charge in [0.25, 0.3) is 0 Å². The second-order valence-electron chi connectivity index (χ2n) is 9.04. The molecule has 0 aromatic heterocycles. The predicted molar refractivity (Wildman–Crippen MR) is 140 cm³/mol. The highest BCUT2D eigenvalue weighted by Crippen LogP contribution is 2.28. The fraction of sp³-hybridized carbons (Fsp3) is 0.440. The Morgan fingerprint density at radius 3 is 2.37 bits per heavy atom. The van der Waals surface area contributed by atoms with E-state index in [2.05, 4.69) is 5.32 Å². The average Bonchev–Trinajstić information content (AvgIpc) is 3.29. The molecule has 1 N–H and O–H groups in total. The van der Waals surface area contributed by atoms with Gasteiger partial charge >= 0.3 is 0 Å². The van der Waals surface area contributed by atoms with E-state index in [-0.39, 0.29) is 34.2 Å². The van der Waals surface area contributed by atoms with E-state index in [1.165, 1.54) is 23.1 Å². The smallest absolute Gasteiger partial charge is 0.244 e. The zero-order valence-corrected chi connectivity index (χ0v) is 22.5. The van der Waals surface area contributed by atoms with Crippen LogP contribution in [0.2, 0.25) is 10.0 Å². The molecule has 0 heterocycles. The lowest BCUT2D eigenvalue weighted by molar-refractivity contribution is -0.139. The Bertz CT molecular complexity index is 1180. The number of carbonyl (C=O) groups is 2. The van der Waals surface area contributed by atoms with Crippen LogP contribution in [0.25, 0.3) is 0 Å². The highest BCUT2D eigenvalue weighted by atomic mass is 35.5. The summed E-state index contributed by atoms with van der Waals surface area (Å²) in [5.41, 5.74) is 2.08. The summed E-state index contributed by atoms with van der Waals surface area (Å²) in [5.74, 6) is -0.754. The number of aryl methyl sites for hydroxylation is 1. The second-order valence-corrected chi connectivity index (χ2v) is 11.8. The van der Waals surface area contributed by atoms with E-state index in [0.717, 1.165) is 47.4 Å². The molecule has 0 saturated heterocycles. The van der Waals surface area contributed by atoms with Crippen LogP contribution in [-0.2, 0) is 26.2 Å². The van der Waals surface area contributed by atoms with Gasteiger partial charge < -0.3 is 10.2 Å². The largest absolute Gasteiger partial charge is 0.352 e. The molecule has 1 aliphatic carbocycles. The lowest BCUT2D eigenvalue weighted by atomic mass is 10.1. The summed E-state index contributed by atoms with van der Waals surface area (Å²) in [7, 11) is -3.84. The molecular formula is C25H31Cl2N3O4S. The molecule has 190 valence electrons. The molecule has 2 aromatic rings. The predicted octanol–water partition coefficient (Wildman–Crippen LogP) is 4.54. The minimum atomic E-state index is -3.84. The van der Waals surface area contributed by atoms with Crippen LogP contribution in [-0.4, -0.2) is 50.0 Å². The number of halogens is 2. The fourth-order valence-electron chi connectivity index (χ4n) is 4.24. The molecule has 0 aliphatic heterocycles. The van der Waals surface area contributed by atoms with Gasteiger partial charge in [0, 0.05) is 12.6 Å². The summed E-state index contributed by atoms with van der Waals surface area (Å²) < 4.78 is 26.2. The number of nitrogens with one attached hydrogen (secondary N) is 1. The van der Waals surface area contributed by atoms with Gasteiger partial charge in [-0.1, -0.05) is 65.9 Å². The quantitative estimate of drug-likeness (QED) is 0.506. The normalized spacial score (nSPS) is 15.0. The summed E-state index contributed by atoms with van der Waals surface area (Å²) in [5, 5.41) is 3.49. The van der Waals surface area contributed by atoms with Crippen molar-refractivity contribution in [3.8, 4) is 0 Å². The molecule has 10 heteroatoms. The van der Waals surface area contributed by atoms with E-state index in [0.29, 0.717) is 0 Å². The molecule has 2 amide bonds. The zero-order valence-electron chi connectivity index (χ0n) is 20.1. The number of sulfonamides is 1. The molecule has 0 unspecified atom stereocenters. The molecule has 7 nitrogen and oxygen atoms in total. The van der Waals surface area contributed by atoms with Crippen LogP contribution in [0.5, 0.6) is 0 Å². The van der Waals surface area contributed by atoms with Crippen molar-refractivity contribution >= 4 is 50.7 Å². The topological polar surface area (TPSA) is 86.8 Å². The molecule has 3 rings (SSSR count). The monoisotopic (exact) mass is 539 g/mol. The SMILES string of the molecule is Cc1cccc(CN(C(=O)CN(c2ccc(Cl)c(Cl)c2)S(C)(=O)=O)[C@H](C)C(=O)NC2CCCC2)c1. The molecule has 0 spiro atoms. The Morgan fingerprint density at radius 2 is 1.77 bits per heavy atom. The average molecular weight is 541 g/mol. The molecular weight excluding hydrogens is 509 g/mol. The van der Waals surface area contributed by atoms with Crippen molar-refractivity contribution in [3.63, 3.8) is 0 Å². The van der Waals surface area contributed by atoms with Gasteiger partial charge in [0.05, 0.1) is 22.0 Å². The Kier molecular flexibility index (Phi) is 9.07. The highest BCUT2D eigenvalue weighted by molar-refractivity contribution is 7.92. The van der Waals surface area contributed by atoms with E-state index in [1.807, 2.05) is 31.2 Å². The van der Waals surface area contributed by atoms with Crippen LogP contribution in [0.1, 0.15) is 43.7 Å². The summed E-state index contributed by atoms with van der Waals surface area (Å²) >= 11 is 12.1. The molecule has 2 aromatic carbocycles. The third-order valence-electron chi connectivity index (χ3n) is 6.17. The lowest BCUT2D eigenvalue weighted by Crippen LogP contribution is -2.52. The number of amides is 2. The van der Waals surface area contributed by atoms with Crippen molar-refractivity contribution in [1.82, 2.24) is 10.2 Å². The van der Waals surface area contributed by atoms with E-state index in [1.54, 1.807) is 6.92 Å². The first-order valence-electron chi connectivity index (χ1n) is 11.5. The van der Waals surface area contributed by atoms with Crippen LogP contribution in [0.4, 0.5) is 5.69 Å². The van der Waals surface area contributed by atoms with Crippen molar-refractivity contribution in [3.05, 3.63) is 63.6 Å². The number of carbonyl (C=O) groups excluding carboxylic acids is 2. The first-order valence-corrected chi connectivity index (χ1v) is 14.1. The van der Waals surface area contributed by atoms with Gasteiger partial charge in [-0.2, -0.15) is 0 Å². The highest BCUT2D eigenvalue weighted by Gasteiger charge is 2.31. The fourth-order valence-corrected chi connectivity index (χ4v) is 5.37. The maximum absolute atomic E-state index is 13.6. The first kappa shape index (κ1) is 27.3. The van der Waals surface area contributed by atoms with E-state index in [4.69, 9.17) is 23.2 Å². The van der Waals surface area contributed by atoms with Gasteiger partial charge in [0.1, 0.15) is 12.6 Å². The molecule has 0 bridgehead atoms. The van der Waals surface area contributed by atoms with E-state index < -0.39 is 28.5 Å².